The lowest BCUT2D eigenvalue weighted by atomic mass is 9.92. The van der Waals surface area contributed by atoms with E-state index < -0.39 is 6.04 Å². The summed E-state index contributed by atoms with van der Waals surface area (Å²) in [5, 5.41) is 16.8. The van der Waals surface area contributed by atoms with Crippen molar-refractivity contribution in [3.8, 4) is 5.75 Å². The lowest BCUT2D eigenvalue weighted by molar-refractivity contribution is -0.123. The number of para-hydroxylation sites is 1. The molecule has 2 unspecified atom stereocenters. The molecule has 5 nitrogen and oxygen atoms in total. The van der Waals surface area contributed by atoms with Gasteiger partial charge >= 0.3 is 0 Å². The molecule has 2 atom stereocenters. The third-order valence-electron chi connectivity index (χ3n) is 6.54. The number of amides is 1. The summed E-state index contributed by atoms with van der Waals surface area (Å²) in [6, 6.07) is 17.2. The molecule has 0 saturated carbocycles. The standard InChI is InChI=1S/C28H33N3O2/c1-17-12-18(2)22(19(3)13-17)16-24(29)28(33)31-26-10-11-30-25-9-8-20(15-23(25)26)14-21-6-4-5-7-27(21)32/h4-9,12-13,15,24,26,30,32H,10-11,14,16,29H2,1-3H3,(H,31,33). The number of nitrogens with two attached hydrogens (primary N) is 1. The number of benzene rings is 3. The van der Waals surface area contributed by atoms with Crippen LogP contribution in [0, 0.1) is 20.8 Å². The van der Waals surface area contributed by atoms with Crippen LogP contribution >= 0.6 is 0 Å². The quantitative estimate of drug-likeness (QED) is 0.453. The first-order chi connectivity index (χ1) is 15.8. The van der Waals surface area contributed by atoms with Gasteiger partial charge in [-0.3, -0.25) is 4.79 Å². The highest BCUT2D eigenvalue weighted by Crippen LogP contribution is 2.32. The molecule has 0 bridgehead atoms. The van der Waals surface area contributed by atoms with E-state index in [-0.39, 0.29) is 11.9 Å². The summed E-state index contributed by atoms with van der Waals surface area (Å²) in [6.45, 7) is 7.03. The SMILES string of the molecule is Cc1cc(C)c(CC(N)C(=O)NC2CCNc3ccc(Cc4ccccc4O)cc32)c(C)c1. The lowest BCUT2D eigenvalue weighted by Crippen LogP contribution is -2.44. The maximum Gasteiger partial charge on any atom is 0.237 e. The maximum atomic E-state index is 13.0. The van der Waals surface area contributed by atoms with Crippen LogP contribution in [0.15, 0.2) is 54.6 Å². The highest BCUT2D eigenvalue weighted by atomic mass is 16.3. The van der Waals surface area contributed by atoms with E-state index in [1.165, 1.54) is 16.7 Å². The maximum absolute atomic E-state index is 13.0. The number of rotatable bonds is 6. The number of anilines is 1. The lowest BCUT2D eigenvalue weighted by Gasteiger charge is -2.29. The largest absolute Gasteiger partial charge is 0.508 e. The summed E-state index contributed by atoms with van der Waals surface area (Å²) in [7, 11) is 0. The molecule has 3 aromatic carbocycles. The van der Waals surface area contributed by atoms with E-state index in [1.54, 1.807) is 6.07 Å². The molecule has 1 aliphatic heterocycles. The van der Waals surface area contributed by atoms with Gasteiger partial charge in [-0.05, 0) is 79.1 Å². The van der Waals surface area contributed by atoms with Gasteiger partial charge in [-0.2, -0.15) is 0 Å². The van der Waals surface area contributed by atoms with Crippen molar-refractivity contribution < 1.29 is 9.90 Å². The van der Waals surface area contributed by atoms with Gasteiger partial charge in [0, 0.05) is 18.7 Å². The molecular formula is C28H33N3O2. The monoisotopic (exact) mass is 443 g/mol. The van der Waals surface area contributed by atoms with Gasteiger partial charge in [-0.15, -0.1) is 0 Å². The zero-order chi connectivity index (χ0) is 23.5. The van der Waals surface area contributed by atoms with Crippen molar-refractivity contribution in [3.63, 3.8) is 0 Å². The van der Waals surface area contributed by atoms with Crippen LogP contribution < -0.4 is 16.4 Å². The minimum atomic E-state index is -0.604. The Hall–Kier alpha value is -3.31. The number of carbonyl (C=O) groups excluding carboxylic acids is 1. The van der Waals surface area contributed by atoms with Crippen molar-refractivity contribution in [2.75, 3.05) is 11.9 Å². The van der Waals surface area contributed by atoms with Crippen molar-refractivity contribution >= 4 is 11.6 Å². The number of nitrogens with one attached hydrogen (secondary N) is 2. The molecule has 0 aromatic heterocycles. The van der Waals surface area contributed by atoms with Crippen molar-refractivity contribution in [1.82, 2.24) is 5.32 Å². The number of aromatic hydroxyl groups is 1. The smallest absolute Gasteiger partial charge is 0.237 e. The fourth-order valence-electron chi connectivity index (χ4n) is 4.83. The summed E-state index contributed by atoms with van der Waals surface area (Å²) in [5.41, 5.74) is 15.2. The minimum Gasteiger partial charge on any atom is -0.508 e. The normalized spacial score (nSPS) is 15.9. The van der Waals surface area contributed by atoms with Crippen LogP contribution in [0.2, 0.25) is 0 Å². The minimum absolute atomic E-state index is 0.0932. The first kappa shape index (κ1) is 22.9. The molecular weight excluding hydrogens is 410 g/mol. The number of phenolic OH excluding ortho intramolecular Hbond substituents is 1. The molecule has 0 fully saturated rings. The van der Waals surface area contributed by atoms with Gasteiger partial charge in [0.2, 0.25) is 5.91 Å². The molecule has 33 heavy (non-hydrogen) atoms. The third-order valence-corrected chi connectivity index (χ3v) is 6.54. The van der Waals surface area contributed by atoms with Gasteiger partial charge in [0.15, 0.2) is 0 Å². The predicted octanol–water partition coefficient (Wildman–Crippen LogP) is 4.45. The number of phenols is 1. The molecule has 172 valence electrons. The summed E-state index contributed by atoms with van der Waals surface area (Å²) >= 11 is 0. The van der Waals surface area contributed by atoms with Crippen molar-refractivity contribution in [3.05, 3.63) is 93.5 Å². The molecule has 3 aromatic rings. The Morgan fingerprint density at radius 1 is 1.12 bits per heavy atom. The fourth-order valence-corrected chi connectivity index (χ4v) is 4.83. The second-order valence-electron chi connectivity index (χ2n) is 9.19. The zero-order valence-corrected chi connectivity index (χ0v) is 19.6. The van der Waals surface area contributed by atoms with Gasteiger partial charge in [-0.1, -0.05) is 48.0 Å². The average Bonchev–Trinajstić information content (AvgIpc) is 2.78. The highest BCUT2D eigenvalue weighted by Gasteiger charge is 2.25. The molecule has 1 heterocycles. The number of hydrogen-bond donors (Lipinski definition) is 4. The molecule has 4 rings (SSSR count). The van der Waals surface area contributed by atoms with E-state index in [0.29, 0.717) is 18.6 Å². The van der Waals surface area contributed by atoms with Gasteiger partial charge in [0.1, 0.15) is 5.75 Å². The van der Waals surface area contributed by atoms with Gasteiger partial charge in [0.25, 0.3) is 0 Å². The second kappa shape index (κ2) is 9.67. The Labute approximate surface area is 196 Å². The Morgan fingerprint density at radius 2 is 1.85 bits per heavy atom. The summed E-state index contributed by atoms with van der Waals surface area (Å²) in [5.74, 6) is 0.171. The van der Waals surface area contributed by atoms with E-state index in [0.717, 1.165) is 40.9 Å². The number of hydrogen-bond acceptors (Lipinski definition) is 4. The first-order valence-corrected chi connectivity index (χ1v) is 11.6. The van der Waals surface area contributed by atoms with Crippen molar-refractivity contribution in [1.29, 1.82) is 0 Å². The molecule has 0 spiro atoms. The molecule has 1 amide bonds. The summed E-state index contributed by atoms with van der Waals surface area (Å²) < 4.78 is 0. The third kappa shape index (κ3) is 5.20. The van der Waals surface area contributed by atoms with Crippen LogP contribution in [0.3, 0.4) is 0 Å². The van der Waals surface area contributed by atoms with Gasteiger partial charge < -0.3 is 21.5 Å². The van der Waals surface area contributed by atoms with E-state index in [4.69, 9.17) is 5.73 Å². The molecule has 0 radical (unpaired) electrons. The van der Waals surface area contributed by atoms with Crippen molar-refractivity contribution in [2.24, 2.45) is 5.73 Å². The van der Waals surface area contributed by atoms with E-state index in [2.05, 4.69) is 61.7 Å². The Balaban J connectivity index is 1.49. The van der Waals surface area contributed by atoms with Gasteiger partial charge in [-0.25, -0.2) is 0 Å². The Morgan fingerprint density at radius 3 is 2.58 bits per heavy atom. The van der Waals surface area contributed by atoms with Gasteiger partial charge in [0.05, 0.1) is 12.1 Å². The van der Waals surface area contributed by atoms with Crippen LogP contribution in [0.4, 0.5) is 5.69 Å². The van der Waals surface area contributed by atoms with Crippen LogP contribution in [0.5, 0.6) is 5.75 Å². The zero-order valence-electron chi connectivity index (χ0n) is 19.6. The number of carbonyl (C=O) groups is 1. The second-order valence-corrected chi connectivity index (χ2v) is 9.19. The van der Waals surface area contributed by atoms with Crippen LogP contribution in [0.1, 0.15) is 51.4 Å². The van der Waals surface area contributed by atoms with E-state index in [1.807, 2.05) is 18.2 Å². The Bertz CT molecular complexity index is 1150. The van der Waals surface area contributed by atoms with Crippen LogP contribution in [-0.2, 0) is 17.6 Å². The fraction of sp³-hybridized carbons (Fsp3) is 0.321. The van der Waals surface area contributed by atoms with Crippen molar-refractivity contribution in [2.45, 2.75) is 52.1 Å². The number of fused-ring (bicyclic) bond motifs is 1. The molecule has 0 saturated heterocycles. The Kier molecular flexibility index (Phi) is 6.70. The molecule has 5 N–H and O–H groups in total. The summed E-state index contributed by atoms with van der Waals surface area (Å²) in [6.07, 6.45) is 1.95. The molecule has 5 heteroatoms. The highest BCUT2D eigenvalue weighted by molar-refractivity contribution is 5.82. The molecule has 0 aliphatic carbocycles. The van der Waals surface area contributed by atoms with Crippen LogP contribution in [-0.4, -0.2) is 23.6 Å². The van der Waals surface area contributed by atoms with Crippen LogP contribution in [0.25, 0.3) is 0 Å². The predicted molar refractivity (Wildman–Crippen MR) is 134 cm³/mol. The number of aryl methyl sites for hydroxylation is 3. The van der Waals surface area contributed by atoms with E-state index in [9.17, 15) is 9.90 Å². The van der Waals surface area contributed by atoms with E-state index >= 15 is 0 Å². The first-order valence-electron chi connectivity index (χ1n) is 11.6. The molecule has 1 aliphatic rings. The average molecular weight is 444 g/mol. The summed E-state index contributed by atoms with van der Waals surface area (Å²) in [4.78, 5) is 13.0. The topological polar surface area (TPSA) is 87.4 Å².